The monoisotopic (exact) mass is 217 g/mol. The first-order valence-corrected chi connectivity index (χ1v) is 5.38. The highest BCUT2D eigenvalue weighted by atomic mass is 32.1. The van der Waals surface area contributed by atoms with E-state index in [-0.39, 0.29) is 0 Å². The fourth-order valence-corrected chi connectivity index (χ4v) is 2.18. The van der Waals surface area contributed by atoms with Gasteiger partial charge >= 0.3 is 0 Å². The van der Waals surface area contributed by atoms with Crippen LogP contribution in [-0.4, -0.2) is 11.3 Å². The maximum absolute atomic E-state index is 12.5. The van der Waals surface area contributed by atoms with E-state index in [4.69, 9.17) is 0 Å². The van der Waals surface area contributed by atoms with Crippen molar-refractivity contribution in [1.82, 2.24) is 9.63 Å². The van der Waals surface area contributed by atoms with Gasteiger partial charge in [0.05, 0.1) is 10.9 Å². The Bertz CT molecular complexity index is 523. The summed E-state index contributed by atoms with van der Waals surface area (Å²) in [6, 6.07) is 7.32. The highest BCUT2D eigenvalue weighted by molar-refractivity contribution is 7.07. The van der Waals surface area contributed by atoms with E-state index < -0.39 is 4.65 Å². The fraction of sp³-hybridized carbons (Fsp3) is 0. The molecule has 0 aliphatic carbocycles. The van der Waals surface area contributed by atoms with Crippen molar-refractivity contribution in [2.45, 2.75) is 0 Å². The van der Waals surface area contributed by atoms with Crippen molar-refractivity contribution in [3.63, 3.8) is 0 Å². The van der Waals surface area contributed by atoms with Crippen LogP contribution in [0.3, 0.4) is 0 Å². The largest absolute Gasteiger partial charge is 0.614 e. The van der Waals surface area contributed by atoms with Crippen molar-refractivity contribution in [2.24, 2.45) is 4.99 Å². The molecule has 1 aliphatic rings. The molecule has 0 radical (unpaired) electrons. The van der Waals surface area contributed by atoms with Crippen molar-refractivity contribution >= 4 is 34.9 Å². The van der Waals surface area contributed by atoms with Crippen molar-refractivity contribution < 1.29 is 0 Å². The van der Waals surface area contributed by atoms with Crippen LogP contribution >= 0.6 is 11.3 Å². The predicted octanol–water partition coefficient (Wildman–Crippen LogP) is 2.95. The van der Waals surface area contributed by atoms with Crippen LogP contribution in [0.2, 0.25) is 0 Å². The van der Waals surface area contributed by atoms with E-state index in [0.717, 1.165) is 5.69 Å². The molecular formula is C10H7N3OS. The molecule has 1 unspecified atom stereocenters. The topological polar surface area (TPSA) is 48.3 Å². The molecule has 74 valence electrons. The zero-order chi connectivity index (χ0) is 10.3. The lowest BCUT2D eigenvalue weighted by atomic mass is 10.2. The summed E-state index contributed by atoms with van der Waals surface area (Å²) in [7, 11) is 0. The maximum atomic E-state index is 12.5. The standard InChI is InChI=1S/C10H7N3OS/c14-13(10-5-15-7-12-10)6-11-8-3-1-2-4-9(8)13/h1-7H. The Morgan fingerprint density at radius 1 is 1.27 bits per heavy atom. The second kappa shape index (κ2) is 2.96. The molecule has 4 nitrogen and oxygen atoms in total. The Labute approximate surface area is 90.3 Å². The smallest absolute Gasteiger partial charge is 0.249 e. The van der Waals surface area contributed by atoms with E-state index in [2.05, 4.69) is 9.98 Å². The lowest BCUT2D eigenvalue weighted by Gasteiger charge is -2.31. The molecule has 1 aromatic carbocycles. The van der Waals surface area contributed by atoms with Gasteiger partial charge in [0.25, 0.3) is 0 Å². The molecule has 0 spiro atoms. The number of aromatic nitrogens is 1. The van der Waals surface area contributed by atoms with Gasteiger partial charge in [0.1, 0.15) is 5.69 Å². The third kappa shape index (κ3) is 1.14. The normalized spacial score (nSPS) is 23.0. The van der Waals surface area contributed by atoms with Gasteiger partial charge in [-0.2, -0.15) is 9.98 Å². The minimum Gasteiger partial charge on any atom is -0.614 e. The van der Waals surface area contributed by atoms with E-state index in [1.165, 1.54) is 17.7 Å². The zero-order valence-corrected chi connectivity index (χ0v) is 8.52. The number of hydrogen-bond acceptors (Lipinski definition) is 4. The predicted molar refractivity (Wildman–Crippen MR) is 61.5 cm³/mol. The lowest BCUT2D eigenvalue weighted by Crippen LogP contribution is -2.33. The minimum absolute atomic E-state index is 0.466. The van der Waals surface area contributed by atoms with E-state index in [0.29, 0.717) is 11.5 Å². The summed E-state index contributed by atoms with van der Waals surface area (Å²) in [5.41, 5.74) is 3.01. The van der Waals surface area contributed by atoms with E-state index in [1.54, 1.807) is 17.0 Å². The van der Waals surface area contributed by atoms with Gasteiger partial charge in [0.15, 0.2) is 5.69 Å². The van der Waals surface area contributed by atoms with Crippen LogP contribution in [-0.2, 0) is 0 Å². The molecule has 0 fully saturated rings. The second-order valence-corrected chi connectivity index (χ2v) is 3.96. The average molecular weight is 217 g/mol. The van der Waals surface area contributed by atoms with Gasteiger partial charge in [-0.05, 0) is 6.07 Å². The van der Waals surface area contributed by atoms with E-state index >= 15 is 0 Å². The molecule has 2 heterocycles. The van der Waals surface area contributed by atoms with Gasteiger partial charge in [-0.3, -0.25) is 0 Å². The van der Waals surface area contributed by atoms with Crippen LogP contribution in [0.1, 0.15) is 0 Å². The van der Waals surface area contributed by atoms with Crippen LogP contribution in [0.4, 0.5) is 17.2 Å². The summed E-state index contributed by atoms with van der Waals surface area (Å²) < 4.78 is -0.681. The Balaban J connectivity index is 2.21. The Morgan fingerprint density at radius 3 is 2.93 bits per heavy atom. The first kappa shape index (κ1) is 8.72. The summed E-state index contributed by atoms with van der Waals surface area (Å²) >= 11 is 1.41. The second-order valence-electron chi connectivity index (χ2n) is 3.24. The number of thiazole rings is 1. The van der Waals surface area contributed by atoms with Gasteiger partial charge in [-0.1, -0.05) is 12.1 Å². The number of benzene rings is 1. The molecule has 1 aliphatic heterocycles. The third-order valence-corrected chi connectivity index (χ3v) is 2.93. The molecule has 0 bridgehead atoms. The van der Waals surface area contributed by atoms with Crippen molar-refractivity contribution in [1.29, 1.82) is 0 Å². The Kier molecular flexibility index (Phi) is 1.72. The minimum atomic E-state index is -0.681. The highest BCUT2D eigenvalue weighted by Crippen LogP contribution is 2.42. The summed E-state index contributed by atoms with van der Waals surface area (Å²) in [5.74, 6) is 0.466. The number of fused-ring (bicyclic) bond motifs is 1. The number of nitrogens with zero attached hydrogens (tertiary/aromatic N) is 3. The number of quaternary nitrogens is 1. The molecular weight excluding hydrogens is 210 g/mol. The highest BCUT2D eigenvalue weighted by Gasteiger charge is 2.31. The first-order valence-electron chi connectivity index (χ1n) is 4.44. The Hall–Kier alpha value is -1.56. The number of rotatable bonds is 1. The molecule has 0 amide bonds. The molecule has 3 rings (SSSR count). The van der Waals surface area contributed by atoms with E-state index in [9.17, 15) is 5.21 Å². The van der Waals surface area contributed by atoms with Crippen LogP contribution < -0.4 is 4.65 Å². The third-order valence-electron chi connectivity index (χ3n) is 2.36. The molecule has 1 atom stereocenters. The average Bonchev–Trinajstić information content (AvgIpc) is 2.88. The molecule has 0 saturated heterocycles. The first-order chi connectivity index (χ1) is 7.31. The molecule has 0 saturated carbocycles. The summed E-state index contributed by atoms with van der Waals surface area (Å²) in [4.78, 5) is 8.16. The van der Waals surface area contributed by atoms with Crippen molar-refractivity contribution in [3.8, 4) is 0 Å². The van der Waals surface area contributed by atoms with Gasteiger partial charge < -0.3 is 5.21 Å². The van der Waals surface area contributed by atoms with Gasteiger partial charge in [0, 0.05) is 6.07 Å². The number of aliphatic imine (C=N–C) groups is 1. The Morgan fingerprint density at radius 2 is 2.13 bits per heavy atom. The number of hydrogen-bond donors (Lipinski definition) is 0. The fourth-order valence-electron chi connectivity index (χ4n) is 1.61. The van der Waals surface area contributed by atoms with Crippen LogP contribution in [0.25, 0.3) is 0 Å². The summed E-state index contributed by atoms with van der Waals surface area (Å²) in [6.45, 7) is 0. The number of hydroxylamine groups is 1. The van der Waals surface area contributed by atoms with Gasteiger partial charge in [0.2, 0.25) is 12.2 Å². The number of para-hydroxylation sites is 2. The van der Waals surface area contributed by atoms with Crippen molar-refractivity contribution in [2.75, 3.05) is 0 Å². The summed E-state index contributed by atoms with van der Waals surface area (Å²) in [5, 5.41) is 14.3. The zero-order valence-electron chi connectivity index (χ0n) is 7.70. The van der Waals surface area contributed by atoms with Gasteiger partial charge in [-0.15, -0.1) is 11.3 Å². The lowest BCUT2D eigenvalue weighted by molar-refractivity contribution is 0.755. The van der Waals surface area contributed by atoms with Crippen LogP contribution in [0, 0.1) is 5.21 Å². The van der Waals surface area contributed by atoms with Crippen molar-refractivity contribution in [3.05, 3.63) is 40.4 Å². The van der Waals surface area contributed by atoms with Crippen LogP contribution in [0.5, 0.6) is 0 Å². The molecule has 0 N–H and O–H groups in total. The molecule has 2 aromatic rings. The summed E-state index contributed by atoms with van der Waals surface area (Å²) in [6.07, 6.45) is 1.37. The van der Waals surface area contributed by atoms with Gasteiger partial charge in [-0.25, -0.2) is 4.65 Å². The quantitative estimate of drug-likeness (QED) is 0.544. The molecule has 15 heavy (non-hydrogen) atoms. The van der Waals surface area contributed by atoms with Crippen LogP contribution in [0.15, 0.2) is 40.1 Å². The maximum Gasteiger partial charge on any atom is 0.249 e. The SMILES string of the molecule is [O-][N+]1(c2cscn2)C=Nc2ccccc21. The molecule has 1 aromatic heterocycles. The van der Waals surface area contributed by atoms with E-state index in [1.807, 2.05) is 18.2 Å². The molecule has 5 heteroatoms.